The minimum atomic E-state index is -2.98. The van der Waals surface area contributed by atoms with E-state index in [1.807, 2.05) is 0 Å². The number of carbonyl (C=O) groups excluding carboxylic acids is 1. The molecule has 0 unspecified atom stereocenters. The molecule has 0 spiro atoms. The Morgan fingerprint density at radius 3 is 2.61 bits per heavy atom. The van der Waals surface area contributed by atoms with Crippen LogP contribution in [0, 0.1) is 0 Å². The number of amides is 1. The van der Waals surface area contributed by atoms with Crippen molar-refractivity contribution in [1.29, 1.82) is 0 Å². The number of carbonyl (C=O) groups is 1. The fourth-order valence-corrected chi connectivity index (χ4v) is 2.64. The van der Waals surface area contributed by atoms with Crippen LogP contribution in [0.15, 0.2) is 47.0 Å². The number of aryl methyl sites for hydroxylation is 1. The molecule has 0 aliphatic heterocycles. The fraction of sp³-hybridized carbons (Fsp3) is 0.167. The number of hydrogen-bond donors (Lipinski definition) is 1. The highest BCUT2D eigenvalue weighted by Crippen LogP contribution is 2.29. The van der Waals surface area contributed by atoms with E-state index in [4.69, 9.17) is 27.7 Å². The van der Waals surface area contributed by atoms with Gasteiger partial charge in [-0.25, -0.2) is 0 Å². The smallest absolute Gasteiger partial charge is 0.387 e. The molecule has 146 valence electrons. The van der Waals surface area contributed by atoms with Gasteiger partial charge in [0.05, 0.1) is 5.02 Å². The van der Waals surface area contributed by atoms with Crippen molar-refractivity contribution in [2.75, 3.05) is 5.32 Å². The summed E-state index contributed by atoms with van der Waals surface area (Å²) in [6, 6.07) is 10.9. The van der Waals surface area contributed by atoms with Crippen molar-refractivity contribution < 1.29 is 22.8 Å². The molecule has 0 fully saturated rings. The number of halogens is 4. The van der Waals surface area contributed by atoms with Crippen LogP contribution in [-0.4, -0.2) is 22.7 Å². The van der Waals surface area contributed by atoms with Gasteiger partial charge in [-0.2, -0.15) is 13.8 Å². The Morgan fingerprint density at radius 2 is 1.93 bits per heavy atom. The second-order valence-corrected chi connectivity index (χ2v) is 6.43. The molecule has 1 aromatic heterocycles. The maximum atomic E-state index is 12.2. The van der Waals surface area contributed by atoms with Gasteiger partial charge in [0.25, 0.3) is 0 Å². The van der Waals surface area contributed by atoms with Crippen molar-refractivity contribution in [3.63, 3.8) is 0 Å². The highest BCUT2D eigenvalue weighted by Gasteiger charge is 2.13. The highest BCUT2D eigenvalue weighted by atomic mass is 35.5. The summed E-state index contributed by atoms with van der Waals surface area (Å²) in [7, 11) is 0. The SMILES string of the molecule is O=C(CCc1nc(-c2ccc(Cl)cc2)no1)Nc1ccc(OC(F)F)c(Cl)c1. The van der Waals surface area contributed by atoms with Gasteiger partial charge in [0.2, 0.25) is 17.6 Å². The number of nitrogens with zero attached hydrogens (tertiary/aromatic N) is 2. The summed E-state index contributed by atoms with van der Waals surface area (Å²) in [4.78, 5) is 16.3. The lowest BCUT2D eigenvalue weighted by molar-refractivity contribution is -0.116. The lowest BCUT2D eigenvalue weighted by Crippen LogP contribution is -2.12. The van der Waals surface area contributed by atoms with E-state index in [1.165, 1.54) is 18.2 Å². The van der Waals surface area contributed by atoms with Crippen LogP contribution in [0.1, 0.15) is 12.3 Å². The lowest BCUT2D eigenvalue weighted by atomic mass is 10.2. The molecule has 2 aromatic carbocycles. The Kier molecular flexibility index (Phi) is 6.43. The summed E-state index contributed by atoms with van der Waals surface area (Å²) >= 11 is 11.7. The van der Waals surface area contributed by atoms with Crippen LogP contribution in [0.3, 0.4) is 0 Å². The molecule has 0 radical (unpaired) electrons. The van der Waals surface area contributed by atoms with Crippen molar-refractivity contribution in [2.24, 2.45) is 0 Å². The summed E-state index contributed by atoms with van der Waals surface area (Å²) in [6.45, 7) is -2.98. The molecule has 0 saturated carbocycles. The van der Waals surface area contributed by atoms with Gasteiger partial charge in [-0.05, 0) is 42.5 Å². The summed E-state index contributed by atoms with van der Waals surface area (Å²) in [5, 5.41) is 7.03. The van der Waals surface area contributed by atoms with Gasteiger partial charge in [-0.1, -0.05) is 28.4 Å². The van der Waals surface area contributed by atoms with Gasteiger partial charge in [0, 0.05) is 29.1 Å². The minimum absolute atomic E-state index is 0.0393. The van der Waals surface area contributed by atoms with E-state index >= 15 is 0 Å². The second-order valence-electron chi connectivity index (χ2n) is 5.59. The summed E-state index contributed by atoms with van der Waals surface area (Å²) < 4.78 is 33.8. The highest BCUT2D eigenvalue weighted by molar-refractivity contribution is 6.32. The lowest BCUT2D eigenvalue weighted by Gasteiger charge is -2.09. The van der Waals surface area contributed by atoms with Crippen LogP contribution >= 0.6 is 23.2 Å². The van der Waals surface area contributed by atoms with Gasteiger partial charge >= 0.3 is 6.61 Å². The number of benzene rings is 2. The Bertz CT molecular complexity index is 965. The topological polar surface area (TPSA) is 77.2 Å². The number of aromatic nitrogens is 2. The molecule has 28 heavy (non-hydrogen) atoms. The van der Waals surface area contributed by atoms with E-state index in [0.29, 0.717) is 22.4 Å². The molecule has 1 N–H and O–H groups in total. The van der Waals surface area contributed by atoms with Crippen LogP contribution in [-0.2, 0) is 11.2 Å². The number of rotatable bonds is 7. The first-order valence-corrected chi connectivity index (χ1v) is 8.79. The Hall–Kier alpha value is -2.71. The molecule has 0 atom stereocenters. The van der Waals surface area contributed by atoms with E-state index in [0.717, 1.165) is 5.56 Å². The van der Waals surface area contributed by atoms with Crippen molar-refractivity contribution in [1.82, 2.24) is 10.1 Å². The Balaban J connectivity index is 1.55. The van der Waals surface area contributed by atoms with Gasteiger partial charge in [0.1, 0.15) is 5.75 Å². The standard InChI is InChI=1S/C18H13Cl2F2N3O3/c19-11-3-1-10(2-4-11)17-24-16(28-25-17)8-7-15(26)23-12-5-6-14(13(20)9-12)27-18(21)22/h1-6,9,18H,7-8H2,(H,23,26). The van der Waals surface area contributed by atoms with E-state index in [9.17, 15) is 13.6 Å². The summed E-state index contributed by atoms with van der Waals surface area (Å²) in [5.41, 5.74) is 1.09. The van der Waals surface area contributed by atoms with Crippen LogP contribution < -0.4 is 10.1 Å². The molecule has 3 rings (SSSR count). The Morgan fingerprint density at radius 1 is 1.18 bits per heavy atom. The third kappa shape index (κ3) is 5.40. The maximum absolute atomic E-state index is 12.2. The van der Waals surface area contributed by atoms with Crippen molar-refractivity contribution >= 4 is 34.8 Å². The molecule has 0 saturated heterocycles. The molecule has 3 aromatic rings. The molecule has 1 heterocycles. The minimum Gasteiger partial charge on any atom is -0.433 e. The first-order valence-electron chi connectivity index (χ1n) is 8.03. The molecule has 0 bridgehead atoms. The number of nitrogens with one attached hydrogen (secondary N) is 1. The molecule has 0 aliphatic rings. The predicted octanol–water partition coefficient (Wildman–Crippen LogP) is 5.22. The summed E-state index contributed by atoms with van der Waals surface area (Å²) in [6.07, 6.45) is 0.307. The van der Waals surface area contributed by atoms with E-state index in [2.05, 4.69) is 20.2 Å². The van der Waals surface area contributed by atoms with Gasteiger partial charge in [0.15, 0.2) is 0 Å². The third-order valence-corrected chi connectivity index (χ3v) is 4.12. The molecule has 6 nitrogen and oxygen atoms in total. The van der Waals surface area contributed by atoms with E-state index < -0.39 is 6.61 Å². The van der Waals surface area contributed by atoms with E-state index in [-0.39, 0.29) is 29.5 Å². The van der Waals surface area contributed by atoms with Gasteiger partial charge in [-0.15, -0.1) is 0 Å². The average molecular weight is 428 g/mol. The number of hydrogen-bond acceptors (Lipinski definition) is 5. The molecule has 0 aliphatic carbocycles. The van der Waals surface area contributed by atoms with Crippen molar-refractivity contribution in [3.05, 3.63) is 58.4 Å². The molecular weight excluding hydrogens is 415 g/mol. The quantitative estimate of drug-likeness (QED) is 0.559. The second kappa shape index (κ2) is 8.99. The van der Waals surface area contributed by atoms with Crippen molar-refractivity contribution in [3.8, 4) is 17.1 Å². The van der Waals surface area contributed by atoms with Gasteiger partial charge in [-0.3, -0.25) is 4.79 Å². The predicted molar refractivity (Wildman–Crippen MR) is 99.8 cm³/mol. The normalized spacial score (nSPS) is 10.9. The molecule has 1 amide bonds. The first-order chi connectivity index (χ1) is 13.4. The van der Waals surface area contributed by atoms with Crippen LogP contribution in [0.5, 0.6) is 5.75 Å². The van der Waals surface area contributed by atoms with Crippen LogP contribution in [0.25, 0.3) is 11.4 Å². The monoisotopic (exact) mass is 427 g/mol. The zero-order valence-corrected chi connectivity index (χ0v) is 15.7. The zero-order valence-electron chi connectivity index (χ0n) is 14.2. The summed E-state index contributed by atoms with van der Waals surface area (Å²) in [5.74, 6) is 0.201. The van der Waals surface area contributed by atoms with Crippen molar-refractivity contribution in [2.45, 2.75) is 19.5 Å². The average Bonchev–Trinajstić information content (AvgIpc) is 3.12. The fourth-order valence-electron chi connectivity index (χ4n) is 2.29. The number of anilines is 1. The first kappa shape index (κ1) is 20.0. The zero-order chi connectivity index (χ0) is 20.1. The molecular formula is C18H13Cl2F2N3O3. The van der Waals surface area contributed by atoms with Gasteiger partial charge < -0.3 is 14.6 Å². The third-order valence-electron chi connectivity index (χ3n) is 3.57. The van der Waals surface area contributed by atoms with E-state index in [1.54, 1.807) is 24.3 Å². The van der Waals surface area contributed by atoms with Crippen LogP contribution in [0.2, 0.25) is 10.0 Å². The maximum Gasteiger partial charge on any atom is 0.387 e. The molecule has 10 heteroatoms. The Labute approximate surface area is 168 Å². The largest absolute Gasteiger partial charge is 0.433 e. The number of ether oxygens (including phenoxy) is 1. The van der Waals surface area contributed by atoms with Crippen LogP contribution in [0.4, 0.5) is 14.5 Å². The number of alkyl halides is 2.